The summed E-state index contributed by atoms with van der Waals surface area (Å²) in [5.74, 6) is 0.699. The van der Waals surface area contributed by atoms with Crippen molar-refractivity contribution in [1.82, 2.24) is 23.7 Å². The van der Waals surface area contributed by atoms with Crippen LogP contribution in [-0.4, -0.2) is 103 Å². The van der Waals surface area contributed by atoms with Gasteiger partial charge in [-0.15, -0.1) is 0 Å². The molecule has 1 aromatic heterocycles. The number of alkyl halides is 2. The van der Waals surface area contributed by atoms with Gasteiger partial charge in [-0.25, -0.2) is 22.2 Å². The molecule has 0 bridgehead atoms. The third kappa shape index (κ3) is 5.40. The number of rotatable bonds is 8. The number of nitrogens with zero attached hydrogens (tertiary/aromatic N) is 5. The zero-order valence-corrected chi connectivity index (χ0v) is 20.1. The Morgan fingerprint density at radius 3 is 2.47 bits per heavy atom. The summed E-state index contributed by atoms with van der Waals surface area (Å²) in [7, 11) is -3.62. The number of sulfonamides is 1. The highest BCUT2D eigenvalue weighted by Gasteiger charge is 2.27. The molecule has 2 fully saturated rings. The highest BCUT2D eigenvalue weighted by atomic mass is 32.2. The number of fused-ring (bicyclic) bond motifs is 1. The van der Waals surface area contributed by atoms with Gasteiger partial charge in [0.05, 0.1) is 35.7 Å². The number of halogens is 2. The summed E-state index contributed by atoms with van der Waals surface area (Å²) < 4.78 is 59.8. The molecular formula is C22H31F2N5O4S. The van der Waals surface area contributed by atoms with Gasteiger partial charge in [0.15, 0.2) is 0 Å². The fraction of sp³-hybridized carbons (Fsp3) is 0.636. The molecule has 2 aromatic rings. The van der Waals surface area contributed by atoms with E-state index in [9.17, 15) is 22.0 Å². The van der Waals surface area contributed by atoms with Crippen molar-refractivity contribution in [3.8, 4) is 0 Å². The average Bonchev–Trinajstić information content (AvgIpc) is 3.20. The molecule has 1 amide bonds. The number of imidazole rings is 1. The van der Waals surface area contributed by atoms with Crippen molar-refractivity contribution in [3.05, 3.63) is 24.0 Å². The Balaban J connectivity index is 1.44. The van der Waals surface area contributed by atoms with Crippen LogP contribution < -0.4 is 0 Å². The molecule has 0 spiro atoms. The summed E-state index contributed by atoms with van der Waals surface area (Å²) in [5, 5.41) is 0. The molecule has 188 valence electrons. The number of hydrogen-bond acceptors (Lipinski definition) is 6. The van der Waals surface area contributed by atoms with Crippen LogP contribution in [0.5, 0.6) is 0 Å². The van der Waals surface area contributed by atoms with Crippen molar-refractivity contribution in [3.63, 3.8) is 0 Å². The predicted octanol–water partition coefficient (Wildman–Crippen LogP) is 1.42. The van der Waals surface area contributed by atoms with E-state index in [4.69, 9.17) is 4.74 Å². The van der Waals surface area contributed by atoms with E-state index in [2.05, 4.69) is 4.98 Å². The van der Waals surface area contributed by atoms with Crippen molar-refractivity contribution in [2.75, 3.05) is 59.0 Å². The van der Waals surface area contributed by atoms with E-state index < -0.39 is 16.4 Å². The van der Waals surface area contributed by atoms with Crippen molar-refractivity contribution in [2.24, 2.45) is 0 Å². The number of carbonyl (C=O) groups is 1. The van der Waals surface area contributed by atoms with Crippen molar-refractivity contribution in [1.29, 1.82) is 0 Å². The van der Waals surface area contributed by atoms with E-state index in [1.54, 1.807) is 28.0 Å². The van der Waals surface area contributed by atoms with Gasteiger partial charge in [-0.05, 0) is 25.1 Å². The van der Waals surface area contributed by atoms with E-state index in [1.807, 2.05) is 11.5 Å². The summed E-state index contributed by atoms with van der Waals surface area (Å²) in [6.07, 6.45) is -1.69. The lowest BCUT2D eigenvalue weighted by Crippen LogP contribution is -2.49. The molecule has 12 heteroatoms. The van der Waals surface area contributed by atoms with Crippen LogP contribution in [0, 0.1) is 0 Å². The van der Waals surface area contributed by atoms with Gasteiger partial charge in [-0.2, -0.15) is 4.31 Å². The van der Waals surface area contributed by atoms with E-state index >= 15 is 0 Å². The SMILES string of the molecule is CCn1c(CCC(=O)N2CCN(CC(F)F)CC2)nc2cc(S(=O)(=O)N3CCOCC3)ccc21. The third-order valence-electron chi connectivity index (χ3n) is 6.41. The van der Waals surface area contributed by atoms with Crippen LogP contribution in [0.15, 0.2) is 23.1 Å². The molecule has 0 atom stereocenters. The molecule has 0 N–H and O–H groups in total. The standard InChI is InChI=1S/C22H31F2N5O4S/c1-2-29-19-4-3-17(34(31,32)28-11-13-33-14-12-28)15-18(19)25-21(29)5-6-22(30)27-9-7-26(8-10-27)16-20(23)24/h3-4,15,20H,2,5-14,16H2,1H3. The minimum absolute atomic E-state index is 0.0259. The Morgan fingerprint density at radius 2 is 1.82 bits per heavy atom. The number of amides is 1. The van der Waals surface area contributed by atoms with E-state index in [0.29, 0.717) is 71.0 Å². The lowest BCUT2D eigenvalue weighted by molar-refractivity contribution is -0.133. The molecule has 0 unspecified atom stereocenters. The van der Waals surface area contributed by atoms with Crippen LogP contribution in [0.25, 0.3) is 11.0 Å². The second-order valence-electron chi connectivity index (χ2n) is 8.51. The Hall–Kier alpha value is -2.15. The minimum atomic E-state index is -3.62. The molecule has 0 saturated carbocycles. The molecule has 0 radical (unpaired) electrons. The number of benzene rings is 1. The zero-order valence-electron chi connectivity index (χ0n) is 19.3. The number of hydrogen-bond donors (Lipinski definition) is 0. The lowest BCUT2D eigenvalue weighted by Gasteiger charge is -2.34. The normalized spacial score (nSPS) is 18.8. The fourth-order valence-corrected chi connectivity index (χ4v) is 5.98. The minimum Gasteiger partial charge on any atom is -0.379 e. The van der Waals surface area contributed by atoms with Crippen molar-refractivity contribution < 1.29 is 26.7 Å². The smallest absolute Gasteiger partial charge is 0.251 e. The number of carbonyl (C=O) groups excluding carboxylic acids is 1. The number of piperazine rings is 1. The molecule has 4 rings (SSSR count). The highest BCUT2D eigenvalue weighted by Crippen LogP contribution is 2.24. The molecule has 9 nitrogen and oxygen atoms in total. The number of aryl methyl sites for hydroxylation is 2. The van der Waals surface area contributed by atoms with Gasteiger partial charge in [0.1, 0.15) is 5.82 Å². The molecular weight excluding hydrogens is 468 g/mol. The number of ether oxygens (including phenoxy) is 1. The van der Waals surface area contributed by atoms with Crippen LogP contribution in [0.2, 0.25) is 0 Å². The van der Waals surface area contributed by atoms with Gasteiger partial charge in [0.25, 0.3) is 6.43 Å². The molecule has 2 saturated heterocycles. The summed E-state index contributed by atoms with van der Waals surface area (Å²) in [6, 6.07) is 4.97. The molecule has 2 aliphatic rings. The molecule has 2 aliphatic heterocycles. The summed E-state index contributed by atoms with van der Waals surface area (Å²) >= 11 is 0. The first-order chi connectivity index (χ1) is 16.3. The van der Waals surface area contributed by atoms with Gasteiger partial charge in [0.2, 0.25) is 15.9 Å². The van der Waals surface area contributed by atoms with Crippen LogP contribution >= 0.6 is 0 Å². The van der Waals surface area contributed by atoms with Gasteiger partial charge in [-0.3, -0.25) is 9.69 Å². The zero-order chi connectivity index (χ0) is 24.3. The van der Waals surface area contributed by atoms with Crippen molar-refractivity contribution >= 4 is 27.0 Å². The van der Waals surface area contributed by atoms with Crippen LogP contribution in [0.1, 0.15) is 19.2 Å². The van der Waals surface area contributed by atoms with Crippen LogP contribution in [0.4, 0.5) is 8.78 Å². The maximum Gasteiger partial charge on any atom is 0.251 e. The summed E-state index contributed by atoms with van der Waals surface area (Å²) in [5.41, 5.74) is 1.41. The second-order valence-corrected chi connectivity index (χ2v) is 10.4. The first-order valence-corrected chi connectivity index (χ1v) is 13.1. The first-order valence-electron chi connectivity index (χ1n) is 11.6. The highest BCUT2D eigenvalue weighted by molar-refractivity contribution is 7.89. The van der Waals surface area contributed by atoms with Crippen LogP contribution in [-0.2, 0) is 32.5 Å². The van der Waals surface area contributed by atoms with Gasteiger partial charge < -0.3 is 14.2 Å². The number of aromatic nitrogens is 2. The monoisotopic (exact) mass is 499 g/mol. The Kier molecular flexibility index (Phi) is 7.80. The van der Waals surface area contributed by atoms with Crippen LogP contribution in [0.3, 0.4) is 0 Å². The van der Waals surface area contributed by atoms with Gasteiger partial charge in [0, 0.05) is 58.7 Å². The Bertz CT molecular complexity index is 1110. The molecule has 0 aliphatic carbocycles. The Morgan fingerprint density at radius 1 is 1.12 bits per heavy atom. The lowest BCUT2D eigenvalue weighted by atomic mass is 10.2. The maximum atomic E-state index is 13.0. The molecule has 34 heavy (non-hydrogen) atoms. The molecule has 3 heterocycles. The van der Waals surface area contributed by atoms with Gasteiger partial charge >= 0.3 is 0 Å². The van der Waals surface area contributed by atoms with E-state index in [0.717, 1.165) is 11.3 Å². The largest absolute Gasteiger partial charge is 0.379 e. The molecule has 1 aromatic carbocycles. The van der Waals surface area contributed by atoms with Gasteiger partial charge in [-0.1, -0.05) is 0 Å². The fourth-order valence-electron chi connectivity index (χ4n) is 4.55. The topological polar surface area (TPSA) is 88.0 Å². The summed E-state index contributed by atoms with van der Waals surface area (Å²) in [4.78, 5) is 21.0. The predicted molar refractivity (Wildman–Crippen MR) is 122 cm³/mol. The Labute approximate surface area is 198 Å². The summed E-state index contributed by atoms with van der Waals surface area (Å²) in [6.45, 7) is 5.56. The quantitative estimate of drug-likeness (QED) is 0.546. The number of morpholine rings is 1. The van der Waals surface area contributed by atoms with Crippen molar-refractivity contribution in [2.45, 2.75) is 37.6 Å². The van der Waals surface area contributed by atoms with E-state index in [1.165, 1.54) is 4.31 Å². The third-order valence-corrected chi connectivity index (χ3v) is 8.30. The first kappa shape index (κ1) is 25.0. The van der Waals surface area contributed by atoms with E-state index in [-0.39, 0.29) is 23.8 Å². The average molecular weight is 500 g/mol. The second kappa shape index (κ2) is 10.6. The maximum absolute atomic E-state index is 13.0.